The van der Waals surface area contributed by atoms with Crippen molar-refractivity contribution in [3.8, 4) is 5.75 Å². The lowest BCUT2D eigenvalue weighted by atomic mass is 10.2. The number of aldehydes is 1. The van der Waals surface area contributed by atoms with Gasteiger partial charge in [-0.05, 0) is 37.1 Å². The highest BCUT2D eigenvalue weighted by Crippen LogP contribution is 2.11. The molecule has 1 heterocycles. The van der Waals surface area contributed by atoms with E-state index in [2.05, 4.69) is 9.97 Å². The predicted octanol–water partition coefficient (Wildman–Crippen LogP) is 1.95. The molecule has 3 N–H and O–H groups in total. The van der Waals surface area contributed by atoms with Crippen LogP contribution in [0.4, 0.5) is 0 Å². The number of hydrogen-bond acceptors (Lipinski definition) is 5. The third kappa shape index (κ3) is 9.34. The van der Waals surface area contributed by atoms with Crippen molar-refractivity contribution >= 4 is 18.2 Å². The second kappa shape index (κ2) is 11.2. The van der Waals surface area contributed by atoms with Crippen molar-refractivity contribution < 1.29 is 29.3 Å². The maximum absolute atomic E-state index is 10.5. The van der Waals surface area contributed by atoms with Crippen LogP contribution in [0.15, 0.2) is 48.9 Å². The number of nitrogens with zero attached hydrogens (tertiary/aromatic N) is 1. The van der Waals surface area contributed by atoms with Gasteiger partial charge in [-0.3, -0.25) is 4.79 Å². The van der Waals surface area contributed by atoms with Crippen LogP contribution in [0.5, 0.6) is 5.75 Å². The normalized spacial score (nSPS) is 9.92. The molecule has 0 spiro atoms. The Morgan fingerprint density at radius 3 is 2.24 bits per heavy atom. The SMILES string of the molecule is O=C(O)/C=C\C(=O)O.O=Cc1ccc(OCCCc2cnc[nH]2)cc1. The van der Waals surface area contributed by atoms with Gasteiger partial charge in [-0.2, -0.15) is 0 Å². The fourth-order valence-electron chi connectivity index (χ4n) is 1.66. The van der Waals surface area contributed by atoms with Crippen molar-refractivity contribution in [2.75, 3.05) is 6.61 Å². The molecule has 132 valence electrons. The standard InChI is InChI=1S/C13H14N2O2.C4H4O4/c16-9-11-3-5-13(6-4-11)17-7-1-2-12-8-14-10-15-12;5-3(6)1-2-4(7)8/h3-6,8-10H,1-2,7H2,(H,14,15);1-2H,(H,5,6)(H,7,8)/b;2-1-. The van der Waals surface area contributed by atoms with E-state index in [1.807, 2.05) is 6.20 Å². The van der Waals surface area contributed by atoms with E-state index in [0.29, 0.717) is 24.3 Å². The van der Waals surface area contributed by atoms with Gasteiger partial charge in [-0.1, -0.05) is 0 Å². The second-order valence-electron chi connectivity index (χ2n) is 4.73. The molecule has 25 heavy (non-hydrogen) atoms. The van der Waals surface area contributed by atoms with E-state index in [9.17, 15) is 14.4 Å². The number of carboxylic acid groups (broad SMARTS) is 2. The number of nitrogens with one attached hydrogen (secondary N) is 1. The molecular weight excluding hydrogens is 328 g/mol. The van der Waals surface area contributed by atoms with E-state index >= 15 is 0 Å². The van der Waals surface area contributed by atoms with Gasteiger partial charge in [0, 0.05) is 29.6 Å². The number of aliphatic carboxylic acids is 2. The lowest BCUT2D eigenvalue weighted by molar-refractivity contribution is -0.134. The van der Waals surface area contributed by atoms with Crippen LogP contribution in [0.3, 0.4) is 0 Å². The number of carbonyl (C=O) groups excluding carboxylic acids is 1. The van der Waals surface area contributed by atoms with Crippen molar-refractivity contribution in [3.05, 3.63) is 60.2 Å². The fourth-order valence-corrected chi connectivity index (χ4v) is 1.66. The predicted molar refractivity (Wildman–Crippen MR) is 88.6 cm³/mol. The van der Waals surface area contributed by atoms with Crippen LogP contribution < -0.4 is 4.74 Å². The van der Waals surface area contributed by atoms with Gasteiger partial charge >= 0.3 is 11.9 Å². The Bertz CT molecular complexity index is 676. The van der Waals surface area contributed by atoms with Crippen molar-refractivity contribution in [1.29, 1.82) is 0 Å². The molecule has 0 aliphatic heterocycles. The molecule has 0 bridgehead atoms. The summed E-state index contributed by atoms with van der Waals surface area (Å²) in [7, 11) is 0. The molecule has 8 heteroatoms. The summed E-state index contributed by atoms with van der Waals surface area (Å²) in [6, 6.07) is 7.11. The lowest BCUT2D eigenvalue weighted by Crippen LogP contribution is -1.99. The van der Waals surface area contributed by atoms with E-state index in [1.54, 1.807) is 30.6 Å². The molecule has 0 aliphatic carbocycles. The lowest BCUT2D eigenvalue weighted by Gasteiger charge is -2.05. The maximum atomic E-state index is 10.5. The molecular formula is C17H18N2O6. The Kier molecular flexibility index (Phi) is 8.77. The fraction of sp³-hybridized carbons (Fsp3) is 0.176. The number of carboxylic acids is 2. The van der Waals surface area contributed by atoms with Crippen LogP contribution in [-0.2, 0) is 16.0 Å². The Hall–Kier alpha value is -3.42. The number of imidazole rings is 1. The van der Waals surface area contributed by atoms with Crippen LogP contribution in [0.1, 0.15) is 22.5 Å². The number of aryl methyl sites for hydroxylation is 1. The number of rotatable bonds is 8. The average molecular weight is 346 g/mol. The van der Waals surface area contributed by atoms with Crippen molar-refractivity contribution in [3.63, 3.8) is 0 Å². The number of ether oxygens (including phenoxy) is 1. The van der Waals surface area contributed by atoms with Gasteiger partial charge in [0.2, 0.25) is 0 Å². The maximum Gasteiger partial charge on any atom is 0.328 e. The van der Waals surface area contributed by atoms with Gasteiger partial charge in [-0.15, -0.1) is 0 Å². The quantitative estimate of drug-likeness (QED) is 0.378. The highest BCUT2D eigenvalue weighted by atomic mass is 16.5. The summed E-state index contributed by atoms with van der Waals surface area (Å²) in [6.45, 7) is 0.652. The van der Waals surface area contributed by atoms with Gasteiger partial charge in [0.05, 0.1) is 12.9 Å². The highest BCUT2D eigenvalue weighted by Gasteiger charge is 1.97. The molecule has 0 unspecified atom stereocenters. The van der Waals surface area contributed by atoms with Crippen molar-refractivity contribution in [2.45, 2.75) is 12.8 Å². The minimum absolute atomic E-state index is 0.558. The summed E-state index contributed by atoms with van der Waals surface area (Å²) in [4.78, 5) is 36.6. The number of H-pyrrole nitrogens is 1. The number of carbonyl (C=O) groups is 3. The van der Waals surface area contributed by atoms with E-state index in [0.717, 1.165) is 30.6 Å². The zero-order valence-corrected chi connectivity index (χ0v) is 13.3. The first-order valence-corrected chi connectivity index (χ1v) is 7.30. The summed E-state index contributed by atoms with van der Waals surface area (Å²) in [5.41, 5.74) is 1.78. The first-order valence-electron chi connectivity index (χ1n) is 7.30. The van der Waals surface area contributed by atoms with Gasteiger partial charge < -0.3 is 19.9 Å². The number of aromatic amines is 1. The molecule has 0 aliphatic rings. The van der Waals surface area contributed by atoms with Crippen LogP contribution in [0, 0.1) is 0 Å². The minimum Gasteiger partial charge on any atom is -0.494 e. The third-order valence-electron chi connectivity index (χ3n) is 2.80. The van der Waals surface area contributed by atoms with Crippen LogP contribution in [0.2, 0.25) is 0 Å². The molecule has 1 aromatic heterocycles. The molecule has 2 aromatic rings. The van der Waals surface area contributed by atoms with Crippen LogP contribution in [-0.4, -0.2) is 45.0 Å². The summed E-state index contributed by atoms with van der Waals surface area (Å²) < 4.78 is 5.55. The topological polar surface area (TPSA) is 130 Å². The Morgan fingerprint density at radius 2 is 1.76 bits per heavy atom. The monoisotopic (exact) mass is 346 g/mol. The smallest absolute Gasteiger partial charge is 0.328 e. The Labute approximate surface area is 143 Å². The minimum atomic E-state index is -1.26. The van der Waals surface area contributed by atoms with Gasteiger partial charge in [-0.25, -0.2) is 14.6 Å². The summed E-state index contributed by atoms with van der Waals surface area (Å²) in [5, 5.41) is 15.6. The zero-order valence-electron chi connectivity index (χ0n) is 13.3. The van der Waals surface area contributed by atoms with Gasteiger partial charge in [0.15, 0.2) is 0 Å². The van der Waals surface area contributed by atoms with E-state index < -0.39 is 11.9 Å². The molecule has 0 radical (unpaired) electrons. The third-order valence-corrected chi connectivity index (χ3v) is 2.80. The van der Waals surface area contributed by atoms with Crippen LogP contribution in [0.25, 0.3) is 0 Å². The summed E-state index contributed by atoms with van der Waals surface area (Å²) in [5.74, 6) is -1.72. The molecule has 0 atom stereocenters. The number of aromatic nitrogens is 2. The van der Waals surface area contributed by atoms with Gasteiger partial charge in [0.25, 0.3) is 0 Å². The molecule has 0 saturated heterocycles. The van der Waals surface area contributed by atoms with Crippen molar-refractivity contribution in [2.24, 2.45) is 0 Å². The first-order chi connectivity index (χ1) is 12.0. The molecule has 0 amide bonds. The molecule has 1 aromatic carbocycles. The summed E-state index contributed by atoms with van der Waals surface area (Å²) in [6.07, 6.45) is 7.28. The van der Waals surface area contributed by atoms with Crippen LogP contribution >= 0.6 is 0 Å². The average Bonchev–Trinajstić information content (AvgIpc) is 3.11. The molecule has 2 rings (SSSR count). The number of benzene rings is 1. The zero-order chi connectivity index (χ0) is 18.5. The van der Waals surface area contributed by atoms with E-state index in [1.165, 1.54) is 0 Å². The Balaban J connectivity index is 0.000000333. The van der Waals surface area contributed by atoms with E-state index in [-0.39, 0.29) is 0 Å². The molecule has 0 fully saturated rings. The van der Waals surface area contributed by atoms with Gasteiger partial charge in [0.1, 0.15) is 12.0 Å². The van der Waals surface area contributed by atoms with Crippen molar-refractivity contribution in [1.82, 2.24) is 9.97 Å². The number of hydrogen-bond donors (Lipinski definition) is 3. The largest absolute Gasteiger partial charge is 0.494 e. The molecule has 0 saturated carbocycles. The second-order valence-corrected chi connectivity index (χ2v) is 4.73. The highest BCUT2D eigenvalue weighted by molar-refractivity contribution is 5.89. The summed E-state index contributed by atoms with van der Waals surface area (Å²) >= 11 is 0. The first kappa shape index (κ1) is 19.6. The Morgan fingerprint density at radius 1 is 1.12 bits per heavy atom. The van der Waals surface area contributed by atoms with E-state index in [4.69, 9.17) is 14.9 Å². The molecule has 8 nitrogen and oxygen atoms in total.